The van der Waals surface area contributed by atoms with Crippen LogP contribution in [-0.4, -0.2) is 32.4 Å². The molecule has 0 bridgehead atoms. The summed E-state index contributed by atoms with van der Waals surface area (Å²) in [6.07, 6.45) is 0. The molecule has 0 radical (unpaired) electrons. The summed E-state index contributed by atoms with van der Waals surface area (Å²) in [5.74, 6) is -1.67. The Balaban J connectivity index is 0. The molecule has 1 rings (SSSR count). The second-order valence-corrected chi connectivity index (χ2v) is 3.63. The van der Waals surface area contributed by atoms with Crippen LogP contribution in [-0.2, 0) is 22.8 Å². The maximum absolute atomic E-state index is 9.00. The summed E-state index contributed by atoms with van der Waals surface area (Å²) in [6.45, 7) is 4.12. The standard InChI is InChI=1S/C9H12O2.2C2H4O2/c1-7-2-3-8(5-10)9(4-7)6-11;2*1-2(3)4/h2-4,10-11H,5-6H2,1H3;2*1H3,(H,3,4). The Morgan fingerprint density at radius 3 is 1.63 bits per heavy atom. The smallest absolute Gasteiger partial charge is 0.300 e. The van der Waals surface area contributed by atoms with Crippen molar-refractivity contribution in [3.8, 4) is 0 Å². The lowest BCUT2D eigenvalue weighted by atomic mass is 10.1. The Morgan fingerprint density at radius 2 is 1.32 bits per heavy atom. The van der Waals surface area contributed by atoms with Gasteiger partial charge in [-0.1, -0.05) is 23.8 Å². The highest BCUT2D eigenvalue weighted by Gasteiger charge is 1.98. The van der Waals surface area contributed by atoms with Crippen LogP contribution in [0.5, 0.6) is 0 Å². The third-order valence-electron chi connectivity index (χ3n) is 1.70. The Bertz CT molecular complexity index is 380. The number of aryl methyl sites for hydroxylation is 1. The zero-order valence-corrected chi connectivity index (χ0v) is 11.3. The van der Waals surface area contributed by atoms with Crippen molar-refractivity contribution in [3.63, 3.8) is 0 Å². The largest absolute Gasteiger partial charge is 0.481 e. The Kier molecular flexibility index (Phi) is 11.4. The number of carbonyl (C=O) groups is 2. The summed E-state index contributed by atoms with van der Waals surface area (Å²) < 4.78 is 0. The average Bonchev–Trinajstić information content (AvgIpc) is 2.27. The van der Waals surface area contributed by atoms with Gasteiger partial charge in [-0.25, -0.2) is 0 Å². The van der Waals surface area contributed by atoms with Gasteiger partial charge in [-0.2, -0.15) is 0 Å². The fraction of sp³-hybridized carbons (Fsp3) is 0.385. The molecule has 108 valence electrons. The molecule has 4 N–H and O–H groups in total. The minimum Gasteiger partial charge on any atom is -0.481 e. The number of hydrogen-bond donors (Lipinski definition) is 4. The van der Waals surface area contributed by atoms with E-state index in [1.807, 2.05) is 25.1 Å². The molecular formula is C13H20O6. The average molecular weight is 272 g/mol. The molecule has 1 aromatic carbocycles. The maximum Gasteiger partial charge on any atom is 0.300 e. The lowest BCUT2D eigenvalue weighted by Gasteiger charge is -2.04. The van der Waals surface area contributed by atoms with Gasteiger partial charge in [0.25, 0.3) is 11.9 Å². The van der Waals surface area contributed by atoms with Crippen LogP contribution in [0.25, 0.3) is 0 Å². The number of benzene rings is 1. The van der Waals surface area contributed by atoms with E-state index in [4.69, 9.17) is 30.0 Å². The second-order valence-electron chi connectivity index (χ2n) is 3.63. The second kappa shape index (κ2) is 11.2. The molecule has 1 aromatic rings. The highest BCUT2D eigenvalue weighted by Crippen LogP contribution is 2.11. The van der Waals surface area contributed by atoms with Gasteiger partial charge < -0.3 is 20.4 Å². The van der Waals surface area contributed by atoms with E-state index < -0.39 is 11.9 Å². The summed E-state index contributed by atoms with van der Waals surface area (Å²) in [4.78, 5) is 18.0. The zero-order valence-electron chi connectivity index (χ0n) is 11.3. The molecule has 6 heteroatoms. The van der Waals surface area contributed by atoms with E-state index in [1.54, 1.807) is 0 Å². The number of aliphatic hydroxyl groups is 2. The number of aliphatic carboxylic acids is 2. The first kappa shape index (κ1) is 19.4. The van der Waals surface area contributed by atoms with Crippen LogP contribution < -0.4 is 0 Å². The molecule has 0 aromatic heterocycles. The van der Waals surface area contributed by atoms with Crippen LogP contribution in [0.4, 0.5) is 0 Å². The highest BCUT2D eigenvalue weighted by atomic mass is 16.4. The van der Waals surface area contributed by atoms with Crippen molar-refractivity contribution < 1.29 is 30.0 Å². The van der Waals surface area contributed by atoms with Crippen LogP contribution in [0.15, 0.2) is 18.2 Å². The summed E-state index contributed by atoms with van der Waals surface area (Å²) in [6, 6.07) is 5.64. The van der Waals surface area contributed by atoms with Gasteiger partial charge in [0.05, 0.1) is 13.2 Å². The molecule has 6 nitrogen and oxygen atoms in total. The van der Waals surface area contributed by atoms with Crippen molar-refractivity contribution in [3.05, 3.63) is 34.9 Å². The zero-order chi connectivity index (χ0) is 15.4. The molecule has 0 saturated carbocycles. The molecule has 19 heavy (non-hydrogen) atoms. The Morgan fingerprint density at radius 1 is 0.947 bits per heavy atom. The first-order chi connectivity index (χ1) is 8.74. The first-order valence-corrected chi connectivity index (χ1v) is 5.43. The number of rotatable bonds is 2. The molecular weight excluding hydrogens is 252 g/mol. The van der Waals surface area contributed by atoms with Crippen LogP contribution in [0.1, 0.15) is 30.5 Å². The van der Waals surface area contributed by atoms with Crippen LogP contribution in [0, 0.1) is 6.92 Å². The summed E-state index contributed by atoms with van der Waals surface area (Å²) in [5, 5.41) is 32.5. The summed E-state index contributed by atoms with van der Waals surface area (Å²) >= 11 is 0. The van der Waals surface area contributed by atoms with Gasteiger partial charge in [0.15, 0.2) is 0 Å². The predicted octanol–water partition coefficient (Wildman–Crippen LogP) is 1.16. The van der Waals surface area contributed by atoms with Crippen molar-refractivity contribution in [1.29, 1.82) is 0 Å². The van der Waals surface area contributed by atoms with Crippen molar-refractivity contribution >= 4 is 11.9 Å². The van der Waals surface area contributed by atoms with Crippen LogP contribution in [0.3, 0.4) is 0 Å². The van der Waals surface area contributed by atoms with Gasteiger partial charge in [-0.15, -0.1) is 0 Å². The van der Waals surface area contributed by atoms with Gasteiger partial charge >= 0.3 is 0 Å². The fourth-order valence-corrected chi connectivity index (χ4v) is 1.06. The maximum atomic E-state index is 9.00. The Labute approximate surface area is 111 Å². The predicted molar refractivity (Wildman–Crippen MR) is 69.6 cm³/mol. The van der Waals surface area contributed by atoms with Gasteiger partial charge in [0.2, 0.25) is 0 Å². The molecule has 0 aliphatic heterocycles. The van der Waals surface area contributed by atoms with E-state index in [-0.39, 0.29) is 13.2 Å². The topological polar surface area (TPSA) is 115 Å². The third-order valence-corrected chi connectivity index (χ3v) is 1.70. The van der Waals surface area contributed by atoms with Gasteiger partial charge in [0.1, 0.15) is 0 Å². The van der Waals surface area contributed by atoms with E-state index in [0.717, 1.165) is 30.5 Å². The van der Waals surface area contributed by atoms with E-state index >= 15 is 0 Å². The molecule has 0 saturated heterocycles. The molecule has 0 atom stereocenters. The monoisotopic (exact) mass is 272 g/mol. The minimum atomic E-state index is -0.833. The van der Waals surface area contributed by atoms with E-state index in [1.165, 1.54) is 0 Å². The van der Waals surface area contributed by atoms with Crippen molar-refractivity contribution in [1.82, 2.24) is 0 Å². The summed E-state index contributed by atoms with van der Waals surface area (Å²) in [7, 11) is 0. The molecule has 0 aliphatic carbocycles. The molecule has 0 amide bonds. The number of hydrogen-bond acceptors (Lipinski definition) is 4. The molecule has 0 unspecified atom stereocenters. The highest BCUT2D eigenvalue weighted by molar-refractivity contribution is 5.63. The van der Waals surface area contributed by atoms with Crippen molar-refractivity contribution in [2.24, 2.45) is 0 Å². The number of carboxylic acid groups (broad SMARTS) is 2. The number of aliphatic hydroxyl groups excluding tert-OH is 2. The molecule has 0 fully saturated rings. The van der Waals surface area contributed by atoms with Gasteiger partial charge in [-0.05, 0) is 18.1 Å². The molecule has 0 heterocycles. The van der Waals surface area contributed by atoms with Crippen LogP contribution >= 0.6 is 0 Å². The number of carboxylic acids is 2. The fourth-order valence-electron chi connectivity index (χ4n) is 1.06. The molecule has 0 spiro atoms. The van der Waals surface area contributed by atoms with E-state index in [9.17, 15) is 0 Å². The van der Waals surface area contributed by atoms with Crippen molar-refractivity contribution in [2.45, 2.75) is 34.0 Å². The third kappa shape index (κ3) is 14.0. The van der Waals surface area contributed by atoms with E-state index in [2.05, 4.69) is 0 Å². The SMILES string of the molecule is CC(=O)O.CC(=O)O.Cc1ccc(CO)c(CO)c1. The Hall–Kier alpha value is -1.92. The van der Waals surface area contributed by atoms with Gasteiger partial charge in [-0.3, -0.25) is 9.59 Å². The van der Waals surface area contributed by atoms with E-state index in [0.29, 0.717) is 0 Å². The van der Waals surface area contributed by atoms with Crippen molar-refractivity contribution in [2.75, 3.05) is 0 Å². The van der Waals surface area contributed by atoms with Crippen LogP contribution in [0.2, 0.25) is 0 Å². The summed E-state index contributed by atoms with van der Waals surface area (Å²) in [5.41, 5.74) is 2.72. The lowest BCUT2D eigenvalue weighted by molar-refractivity contribution is -0.135. The minimum absolute atomic E-state index is 0.00241. The molecule has 0 aliphatic rings. The first-order valence-electron chi connectivity index (χ1n) is 5.43. The quantitative estimate of drug-likeness (QED) is 0.642. The van der Waals surface area contributed by atoms with Gasteiger partial charge in [0, 0.05) is 13.8 Å². The normalized spacial score (nSPS) is 8.47. The lowest BCUT2D eigenvalue weighted by Crippen LogP contribution is -1.93.